The number of benzene rings is 1. The standard InChI is InChI=1S/C13H16O2/c1-2-15-13(11-8-9-11)12(14)10-6-4-3-5-7-10/h3-7,11,13H,2,8-9H2,1H3. The molecule has 2 rings (SSSR count). The lowest BCUT2D eigenvalue weighted by Gasteiger charge is -2.14. The first kappa shape index (κ1) is 10.4. The first-order valence-electron chi connectivity index (χ1n) is 5.53. The quantitative estimate of drug-likeness (QED) is 0.689. The van der Waals surface area contributed by atoms with Gasteiger partial charge in [-0.15, -0.1) is 0 Å². The highest BCUT2D eigenvalue weighted by atomic mass is 16.5. The van der Waals surface area contributed by atoms with E-state index in [-0.39, 0.29) is 11.9 Å². The lowest BCUT2D eigenvalue weighted by atomic mass is 10.0. The van der Waals surface area contributed by atoms with Crippen molar-refractivity contribution in [1.82, 2.24) is 0 Å². The van der Waals surface area contributed by atoms with Crippen LogP contribution in [0.25, 0.3) is 0 Å². The van der Waals surface area contributed by atoms with Crippen molar-refractivity contribution >= 4 is 5.78 Å². The van der Waals surface area contributed by atoms with Gasteiger partial charge in [0.05, 0.1) is 0 Å². The number of Topliss-reactive ketones (excluding diaryl/α,β-unsaturated/α-hetero) is 1. The molecule has 0 bridgehead atoms. The zero-order valence-electron chi connectivity index (χ0n) is 8.98. The number of hydrogen-bond acceptors (Lipinski definition) is 2. The minimum absolute atomic E-state index is 0.139. The van der Waals surface area contributed by atoms with Crippen molar-refractivity contribution in [2.24, 2.45) is 5.92 Å². The van der Waals surface area contributed by atoms with Gasteiger partial charge in [-0.25, -0.2) is 0 Å². The molecular weight excluding hydrogens is 188 g/mol. The minimum atomic E-state index is -0.211. The number of carbonyl (C=O) groups excluding carboxylic acids is 1. The predicted octanol–water partition coefficient (Wildman–Crippen LogP) is 2.68. The molecule has 2 nitrogen and oxygen atoms in total. The maximum absolute atomic E-state index is 12.1. The molecule has 15 heavy (non-hydrogen) atoms. The smallest absolute Gasteiger partial charge is 0.191 e. The van der Waals surface area contributed by atoms with E-state index in [0.717, 1.165) is 18.4 Å². The van der Waals surface area contributed by atoms with E-state index >= 15 is 0 Å². The normalized spacial score (nSPS) is 17.4. The molecule has 1 aromatic rings. The average Bonchev–Trinajstić information content (AvgIpc) is 3.10. The molecule has 0 spiro atoms. The van der Waals surface area contributed by atoms with E-state index in [1.807, 2.05) is 37.3 Å². The Morgan fingerprint density at radius 1 is 1.40 bits per heavy atom. The van der Waals surface area contributed by atoms with Crippen LogP contribution in [0.5, 0.6) is 0 Å². The molecule has 2 heteroatoms. The summed E-state index contributed by atoms with van der Waals surface area (Å²) in [5.74, 6) is 0.595. The van der Waals surface area contributed by atoms with Gasteiger partial charge in [-0.3, -0.25) is 4.79 Å². The average molecular weight is 204 g/mol. The molecule has 1 fully saturated rings. The number of carbonyl (C=O) groups is 1. The van der Waals surface area contributed by atoms with Gasteiger partial charge in [0.15, 0.2) is 5.78 Å². The molecule has 0 saturated heterocycles. The van der Waals surface area contributed by atoms with Crippen molar-refractivity contribution < 1.29 is 9.53 Å². The predicted molar refractivity (Wildman–Crippen MR) is 58.9 cm³/mol. The second-order valence-electron chi connectivity index (χ2n) is 3.94. The van der Waals surface area contributed by atoms with Crippen LogP contribution in [0.2, 0.25) is 0 Å². The summed E-state index contributed by atoms with van der Waals surface area (Å²) < 4.78 is 5.53. The van der Waals surface area contributed by atoms with Gasteiger partial charge in [0.2, 0.25) is 0 Å². The first-order chi connectivity index (χ1) is 7.33. The highest BCUT2D eigenvalue weighted by molar-refractivity contribution is 5.99. The van der Waals surface area contributed by atoms with E-state index < -0.39 is 0 Å². The Balaban J connectivity index is 2.10. The Morgan fingerprint density at radius 2 is 2.07 bits per heavy atom. The van der Waals surface area contributed by atoms with Crippen molar-refractivity contribution in [3.63, 3.8) is 0 Å². The zero-order chi connectivity index (χ0) is 10.7. The number of hydrogen-bond donors (Lipinski definition) is 0. The fourth-order valence-electron chi connectivity index (χ4n) is 1.77. The molecule has 0 heterocycles. The number of ether oxygens (including phenoxy) is 1. The first-order valence-corrected chi connectivity index (χ1v) is 5.53. The molecular formula is C13H16O2. The highest BCUT2D eigenvalue weighted by Gasteiger charge is 2.36. The molecule has 80 valence electrons. The van der Waals surface area contributed by atoms with Crippen molar-refractivity contribution in [2.45, 2.75) is 25.9 Å². The fraction of sp³-hybridized carbons (Fsp3) is 0.462. The summed E-state index contributed by atoms with van der Waals surface area (Å²) in [4.78, 5) is 12.1. The third kappa shape index (κ3) is 2.45. The molecule has 1 aliphatic carbocycles. The van der Waals surface area contributed by atoms with E-state index in [2.05, 4.69) is 0 Å². The Hall–Kier alpha value is -1.15. The van der Waals surface area contributed by atoms with Crippen LogP contribution in [0.4, 0.5) is 0 Å². The second kappa shape index (κ2) is 4.58. The van der Waals surface area contributed by atoms with Crippen LogP contribution >= 0.6 is 0 Å². The fourth-order valence-corrected chi connectivity index (χ4v) is 1.77. The second-order valence-corrected chi connectivity index (χ2v) is 3.94. The summed E-state index contributed by atoms with van der Waals surface area (Å²) in [6.07, 6.45) is 2.05. The van der Waals surface area contributed by atoms with Gasteiger partial charge in [-0.2, -0.15) is 0 Å². The van der Waals surface area contributed by atoms with E-state index in [9.17, 15) is 4.79 Å². The van der Waals surface area contributed by atoms with E-state index in [1.54, 1.807) is 0 Å². The molecule has 0 aliphatic heterocycles. The highest BCUT2D eigenvalue weighted by Crippen LogP contribution is 2.35. The van der Waals surface area contributed by atoms with Crippen LogP contribution in [-0.4, -0.2) is 18.5 Å². The summed E-state index contributed by atoms with van der Waals surface area (Å²) in [5, 5.41) is 0. The van der Waals surface area contributed by atoms with Crippen LogP contribution in [0.3, 0.4) is 0 Å². The van der Waals surface area contributed by atoms with Gasteiger partial charge in [-0.1, -0.05) is 30.3 Å². The Bertz CT molecular complexity index is 328. The van der Waals surface area contributed by atoms with Crippen LogP contribution in [0.1, 0.15) is 30.1 Å². The van der Waals surface area contributed by atoms with Crippen LogP contribution in [0, 0.1) is 5.92 Å². The Morgan fingerprint density at radius 3 is 2.60 bits per heavy atom. The molecule has 1 atom stereocenters. The van der Waals surface area contributed by atoms with Crippen LogP contribution < -0.4 is 0 Å². The molecule has 1 saturated carbocycles. The third-order valence-electron chi connectivity index (χ3n) is 2.71. The number of ketones is 1. The lowest BCUT2D eigenvalue weighted by Crippen LogP contribution is -2.26. The van der Waals surface area contributed by atoms with E-state index in [4.69, 9.17) is 4.74 Å². The summed E-state index contributed by atoms with van der Waals surface area (Å²) >= 11 is 0. The molecule has 0 radical (unpaired) electrons. The Labute approximate surface area is 90.3 Å². The van der Waals surface area contributed by atoms with Crippen molar-refractivity contribution in [3.8, 4) is 0 Å². The van der Waals surface area contributed by atoms with Gasteiger partial charge in [0.1, 0.15) is 6.10 Å². The van der Waals surface area contributed by atoms with Crippen molar-refractivity contribution in [3.05, 3.63) is 35.9 Å². The van der Waals surface area contributed by atoms with E-state index in [1.165, 1.54) is 0 Å². The topological polar surface area (TPSA) is 26.3 Å². The summed E-state index contributed by atoms with van der Waals surface area (Å²) in [7, 11) is 0. The summed E-state index contributed by atoms with van der Waals surface area (Å²) in [5.41, 5.74) is 0.767. The molecule has 1 unspecified atom stereocenters. The van der Waals surface area contributed by atoms with E-state index in [0.29, 0.717) is 12.5 Å². The van der Waals surface area contributed by atoms with Gasteiger partial charge >= 0.3 is 0 Å². The molecule has 1 aromatic carbocycles. The van der Waals surface area contributed by atoms with Crippen LogP contribution in [0.15, 0.2) is 30.3 Å². The molecule has 0 N–H and O–H groups in total. The van der Waals surface area contributed by atoms with Crippen LogP contribution in [-0.2, 0) is 4.74 Å². The minimum Gasteiger partial charge on any atom is -0.370 e. The van der Waals surface area contributed by atoms with Crippen molar-refractivity contribution in [1.29, 1.82) is 0 Å². The van der Waals surface area contributed by atoms with Gasteiger partial charge in [0.25, 0.3) is 0 Å². The Kier molecular flexibility index (Phi) is 3.17. The lowest BCUT2D eigenvalue weighted by molar-refractivity contribution is 0.0374. The van der Waals surface area contributed by atoms with Gasteiger partial charge < -0.3 is 4.74 Å². The SMILES string of the molecule is CCOC(C(=O)c1ccccc1)C1CC1. The summed E-state index contributed by atoms with van der Waals surface area (Å²) in [6.45, 7) is 2.55. The molecule has 1 aliphatic rings. The largest absolute Gasteiger partial charge is 0.370 e. The summed E-state index contributed by atoms with van der Waals surface area (Å²) in [6, 6.07) is 9.42. The van der Waals surface area contributed by atoms with Gasteiger partial charge in [-0.05, 0) is 25.7 Å². The third-order valence-corrected chi connectivity index (χ3v) is 2.71. The molecule has 0 aromatic heterocycles. The monoisotopic (exact) mass is 204 g/mol. The maximum atomic E-state index is 12.1. The van der Waals surface area contributed by atoms with Gasteiger partial charge in [0, 0.05) is 12.2 Å². The zero-order valence-corrected chi connectivity index (χ0v) is 8.98. The molecule has 0 amide bonds. The van der Waals surface area contributed by atoms with Crippen molar-refractivity contribution in [2.75, 3.05) is 6.61 Å². The maximum Gasteiger partial charge on any atom is 0.191 e. The number of rotatable bonds is 5.